The SMILES string of the molecule is COC(=O)CCN(Cc1ccccc1)C(=O)c1cc(OC)cc(OC)c1. The van der Waals surface area contributed by atoms with Crippen molar-refractivity contribution < 1.29 is 23.8 Å². The summed E-state index contributed by atoms with van der Waals surface area (Å²) >= 11 is 0. The number of carbonyl (C=O) groups excluding carboxylic acids is 2. The standard InChI is InChI=1S/C20H23NO5/c1-24-17-11-16(12-18(13-17)25-2)20(23)21(10-9-19(22)26-3)14-15-7-5-4-6-8-15/h4-8,11-13H,9-10,14H2,1-3H3. The highest BCUT2D eigenvalue weighted by atomic mass is 16.5. The molecule has 26 heavy (non-hydrogen) atoms. The Hall–Kier alpha value is -3.02. The van der Waals surface area contributed by atoms with Crippen LogP contribution in [0.25, 0.3) is 0 Å². The maximum Gasteiger partial charge on any atom is 0.307 e. The highest BCUT2D eigenvalue weighted by Gasteiger charge is 2.19. The van der Waals surface area contributed by atoms with E-state index in [1.165, 1.54) is 21.3 Å². The van der Waals surface area contributed by atoms with Crippen LogP contribution in [0.1, 0.15) is 22.3 Å². The van der Waals surface area contributed by atoms with Crippen LogP contribution >= 0.6 is 0 Å². The van der Waals surface area contributed by atoms with Gasteiger partial charge in [0.25, 0.3) is 5.91 Å². The van der Waals surface area contributed by atoms with E-state index < -0.39 is 0 Å². The highest BCUT2D eigenvalue weighted by molar-refractivity contribution is 5.95. The average molecular weight is 357 g/mol. The lowest BCUT2D eigenvalue weighted by atomic mass is 10.1. The predicted octanol–water partition coefficient (Wildman–Crippen LogP) is 2.91. The summed E-state index contributed by atoms with van der Waals surface area (Å²) in [5.41, 5.74) is 1.41. The first-order valence-electron chi connectivity index (χ1n) is 8.20. The molecule has 0 atom stereocenters. The van der Waals surface area contributed by atoms with Crippen molar-refractivity contribution in [3.05, 3.63) is 59.7 Å². The summed E-state index contributed by atoms with van der Waals surface area (Å²) in [5, 5.41) is 0. The quantitative estimate of drug-likeness (QED) is 0.680. The Labute approximate surface area is 153 Å². The fraction of sp³-hybridized carbons (Fsp3) is 0.300. The van der Waals surface area contributed by atoms with Crippen LogP contribution in [-0.4, -0.2) is 44.7 Å². The molecule has 0 heterocycles. The number of nitrogens with zero attached hydrogens (tertiary/aromatic N) is 1. The predicted molar refractivity (Wildman–Crippen MR) is 97.4 cm³/mol. The number of hydrogen-bond donors (Lipinski definition) is 0. The molecule has 6 heteroatoms. The smallest absolute Gasteiger partial charge is 0.307 e. The molecular weight excluding hydrogens is 334 g/mol. The van der Waals surface area contributed by atoms with Gasteiger partial charge in [0, 0.05) is 24.7 Å². The number of benzene rings is 2. The summed E-state index contributed by atoms with van der Waals surface area (Å²) in [5.74, 6) is 0.481. The molecule has 0 saturated carbocycles. The number of rotatable bonds is 8. The fourth-order valence-corrected chi connectivity index (χ4v) is 2.50. The Kier molecular flexibility index (Phi) is 7.02. The van der Waals surface area contributed by atoms with E-state index in [1.807, 2.05) is 30.3 Å². The first-order chi connectivity index (χ1) is 12.6. The molecule has 0 aromatic heterocycles. The van der Waals surface area contributed by atoms with Crippen molar-refractivity contribution >= 4 is 11.9 Å². The van der Waals surface area contributed by atoms with Gasteiger partial charge in [-0.15, -0.1) is 0 Å². The molecule has 1 amide bonds. The van der Waals surface area contributed by atoms with Crippen LogP contribution in [0.15, 0.2) is 48.5 Å². The van der Waals surface area contributed by atoms with Crippen LogP contribution in [0.3, 0.4) is 0 Å². The highest BCUT2D eigenvalue weighted by Crippen LogP contribution is 2.24. The largest absolute Gasteiger partial charge is 0.497 e. The van der Waals surface area contributed by atoms with Crippen LogP contribution in [0, 0.1) is 0 Å². The second-order valence-electron chi connectivity index (χ2n) is 5.64. The third kappa shape index (κ3) is 5.24. The van der Waals surface area contributed by atoms with E-state index in [9.17, 15) is 9.59 Å². The van der Waals surface area contributed by atoms with E-state index in [1.54, 1.807) is 23.1 Å². The Morgan fingerprint density at radius 2 is 1.54 bits per heavy atom. The molecule has 138 valence electrons. The lowest BCUT2D eigenvalue weighted by Crippen LogP contribution is -2.32. The number of esters is 1. The zero-order chi connectivity index (χ0) is 18.9. The molecule has 0 N–H and O–H groups in total. The number of carbonyl (C=O) groups is 2. The molecule has 0 aliphatic carbocycles. The van der Waals surface area contributed by atoms with Gasteiger partial charge in [0.1, 0.15) is 11.5 Å². The van der Waals surface area contributed by atoms with Gasteiger partial charge in [0.15, 0.2) is 0 Å². The first kappa shape index (κ1) is 19.3. The number of methoxy groups -OCH3 is 3. The minimum absolute atomic E-state index is 0.121. The van der Waals surface area contributed by atoms with Crippen molar-refractivity contribution in [2.45, 2.75) is 13.0 Å². The van der Waals surface area contributed by atoms with Gasteiger partial charge < -0.3 is 19.1 Å². The first-order valence-corrected chi connectivity index (χ1v) is 8.20. The molecule has 0 fully saturated rings. The maximum absolute atomic E-state index is 13.0. The Morgan fingerprint density at radius 3 is 2.08 bits per heavy atom. The van der Waals surface area contributed by atoms with Crippen molar-refractivity contribution in [1.82, 2.24) is 4.90 Å². The molecule has 2 rings (SSSR count). The summed E-state index contributed by atoms with van der Waals surface area (Å²) in [6.45, 7) is 0.635. The zero-order valence-corrected chi connectivity index (χ0v) is 15.2. The van der Waals surface area contributed by atoms with Crippen LogP contribution in [0.2, 0.25) is 0 Å². The number of ether oxygens (including phenoxy) is 3. The third-order valence-electron chi connectivity index (χ3n) is 3.92. The zero-order valence-electron chi connectivity index (χ0n) is 15.2. The van der Waals surface area contributed by atoms with E-state index in [4.69, 9.17) is 14.2 Å². The molecule has 0 bridgehead atoms. The Bertz CT molecular complexity index is 723. The monoisotopic (exact) mass is 357 g/mol. The average Bonchev–Trinajstić information content (AvgIpc) is 2.70. The lowest BCUT2D eigenvalue weighted by molar-refractivity contribution is -0.140. The molecule has 0 spiro atoms. The summed E-state index contributed by atoms with van der Waals surface area (Å²) in [6, 6.07) is 14.6. The molecular formula is C20H23NO5. The van der Waals surface area contributed by atoms with Gasteiger partial charge in [0.2, 0.25) is 0 Å². The molecule has 0 aliphatic rings. The molecule has 0 radical (unpaired) electrons. The second kappa shape index (κ2) is 9.46. The van der Waals surface area contributed by atoms with E-state index in [0.29, 0.717) is 23.6 Å². The van der Waals surface area contributed by atoms with Crippen molar-refractivity contribution in [1.29, 1.82) is 0 Å². The third-order valence-corrected chi connectivity index (χ3v) is 3.92. The lowest BCUT2D eigenvalue weighted by Gasteiger charge is -2.23. The van der Waals surface area contributed by atoms with Crippen molar-refractivity contribution in [2.75, 3.05) is 27.9 Å². The minimum Gasteiger partial charge on any atom is -0.497 e. The Morgan fingerprint density at radius 1 is 0.923 bits per heavy atom. The van der Waals surface area contributed by atoms with E-state index >= 15 is 0 Å². The van der Waals surface area contributed by atoms with E-state index in [-0.39, 0.29) is 24.8 Å². The summed E-state index contributed by atoms with van der Waals surface area (Å²) in [4.78, 5) is 26.2. The second-order valence-corrected chi connectivity index (χ2v) is 5.64. The van der Waals surface area contributed by atoms with E-state index in [0.717, 1.165) is 5.56 Å². The van der Waals surface area contributed by atoms with Gasteiger partial charge in [-0.2, -0.15) is 0 Å². The van der Waals surface area contributed by atoms with E-state index in [2.05, 4.69) is 0 Å². The topological polar surface area (TPSA) is 65.1 Å². The van der Waals surface area contributed by atoms with Crippen molar-refractivity contribution in [3.8, 4) is 11.5 Å². The molecule has 0 unspecified atom stereocenters. The Balaban J connectivity index is 2.27. The van der Waals surface area contributed by atoms with Crippen LogP contribution < -0.4 is 9.47 Å². The molecule has 0 aliphatic heterocycles. The maximum atomic E-state index is 13.0. The van der Waals surface area contributed by atoms with Crippen molar-refractivity contribution in [3.63, 3.8) is 0 Å². The summed E-state index contributed by atoms with van der Waals surface area (Å²) < 4.78 is 15.2. The van der Waals surface area contributed by atoms with Crippen LogP contribution in [0.4, 0.5) is 0 Å². The normalized spacial score (nSPS) is 10.1. The van der Waals surface area contributed by atoms with Gasteiger partial charge in [0.05, 0.1) is 27.8 Å². The molecule has 6 nitrogen and oxygen atoms in total. The van der Waals surface area contributed by atoms with Gasteiger partial charge in [-0.25, -0.2) is 0 Å². The summed E-state index contributed by atoms with van der Waals surface area (Å²) in [7, 11) is 4.39. The fourth-order valence-electron chi connectivity index (χ4n) is 2.50. The number of hydrogen-bond acceptors (Lipinski definition) is 5. The summed E-state index contributed by atoms with van der Waals surface area (Å²) in [6.07, 6.45) is 0.121. The van der Waals surface area contributed by atoms with Gasteiger partial charge in [-0.1, -0.05) is 30.3 Å². The van der Waals surface area contributed by atoms with Crippen LogP contribution in [0.5, 0.6) is 11.5 Å². The van der Waals surface area contributed by atoms with Gasteiger partial charge >= 0.3 is 5.97 Å². The molecule has 2 aromatic carbocycles. The van der Waals surface area contributed by atoms with Crippen LogP contribution in [-0.2, 0) is 16.1 Å². The minimum atomic E-state index is -0.362. The molecule has 2 aromatic rings. The van der Waals surface area contributed by atoms with Crippen molar-refractivity contribution in [2.24, 2.45) is 0 Å². The molecule has 0 saturated heterocycles. The van der Waals surface area contributed by atoms with Gasteiger partial charge in [-0.3, -0.25) is 9.59 Å². The van der Waals surface area contributed by atoms with Gasteiger partial charge in [-0.05, 0) is 17.7 Å². The number of amides is 1.